The van der Waals surface area contributed by atoms with Crippen molar-refractivity contribution in [3.8, 4) is 0 Å². The molecule has 0 bridgehead atoms. The number of ether oxygens (including phenoxy) is 1. The summed E-state index contributed by atoms with van der Waals surface area (Å²) in [4.78, 5) is 16.0. The van der Waals surface area contributed by atoms with E-state index in [9.17, 15) is 9.90 Å². The second kappa shape index (κ2) is 5.69. The van der Waals surface area contributed by atoms with Gasteiger partial charge >= 0.3 is 5.97 Å². The van der Waals surface area contributed by atoms with E-state index >= 15 is 0 Å². The van der Waals surface area contributed by atoms with Crippen molar-refractivity contribution in [1.82, 2.24) is 4.98 Å². The SMILES string of the molecule is O=C(O)C1(CNc2nccc3ccccc23)CCOCC1. The third-order valence-corrected chi connectivity index (χ3v) is 4.17. The zero-order valence-electron chi connectivity index (χ0n) is 11.7. The molecule has 0 atom stereocenters. The van der Waals surface area contributed by atoms with E-state index in [4.69, 9.17) is 4.74 Å². The Balaban J connectivity index is 1.83. The predicted molar refractivity (Wildman–Crippen MR) is 80.4 cm³/mol. The minimum absolute atomic E-state index is 0.368. The van der Waals surface area contributed by atoms with Gasteiger partial charge in [-0.05, 0) is 24.3 Å². The molecular formula is C16H18N2O3. The number of nitrogens with one attached hydrogen (secondary N) is 1. The summed E-state index contributed by atoms with van der Waals surface area (Å²) in [6.45, 7) is 1.36. The summed E-state index contributed by atoms with van der Waals surface area (Å²) in [6, 6.07) is 9.88. The molecule has 1 aromatic heterocycles. The Hall–Kier alpha value is -2.14. The number of carbonyl (C=O) groups is 1. The molecule has 0 spiro atoms. The van der Waals surface area contributed by atoms with E-state index in [-0.39, 0.29) is 0 Å². The maximum Gasteiger partial charge on any atom is 0.311 e. The molecule has 0 radical (unpaired) electrons. The van der Waals surface area contributed by atoms with Crippen molar-refractivity contribution >= 4 is 22.6 Å². The van der Waals surface area contributed by atoms with E-state index in [1.165, 1.54) is 0 Å². The van der Waals surface area contributed by atoms with Crippen LogP contribution in [0.2, 0.25) is 0 Å². The highest BCUT2D eigenvalue weighted by molar-refractivity contribution is 5.91. The molecule has 1 aliphatic rings. The van der Waals surface area contributed by atoms with Gasteiger partial charge in [0.2, 0.25) is 0 Å². The third-order valence-electron chi connectivity index (χ3n) is 4.17. The van der Waals surface area contributed by atoms with Crippen LogP contribution in [-0.4, -0.2) is 35.8 Å². The fraction of sp³-hybridized carbons (Fsp3) is 0.375. The lowest BCUT2D eigenvalue weighted by Gasteiger charge is -2.33. The number of benzene rings is 1. The minimum Gasteiger partial charge on any atom is -0.481 e. The molecule has 2 heterocycles. The Labute approximate surface area is 123 Å². The van der Waals surface area contributed by atoms with Crippen LogP contribution in [0.3, 0.4) is 0 Å². The van der Waals surface area contributed by atoms with Gasteiger partial charge in [-0.15, -0.1) is 0 Å². The molecule has 0 aliphatic carbocycles. The number of hydrogen-bond donors (Lipinski definition) is 2. The van der Waals surface area contributed by atoms with Gasteiger partial charge < -0.3 is 15.2 Å². The van der Waals surface area contributed by atoms with Crippen LogP contribution in [-0.2, 0) is 9.53 Å². The molecule has 3 rings (SSSR count). The fourth-order valence-corrected chi connectivity index (χ4v) is 2.74. The number of hydrogen-bond acceptors (Lipinski definition) is 4. The largest absolute Gasteiger partial charge is 0.481 e. The Morgan fingerprint density at radius 2 is 2.05 bits per heavy atom. The van der Waals surface area contributed by atoms with Crippen LogP contribution in [0.4, 0.5) is 5.82 Å². The van der Waals surface area contributed by atoms with Gasteiger partial charge in [0.05, 0.1) is 5.41 Å². The first kappa shape index (κ1) is 13.8. The van der Waals surface area contributed by atoms with E-state index in [2.05, 4.69) is 10.3 Å². The van der Waals surface area contributed by atoms with Crippen LogP contribution in [0.25, 0.3) is 10.8 Å². The molecule has 1 aliphatic heterocycles. The second-order valence-electron chi connectivity index (χ2n) is 5.43. The lowest BCUT2D eigenvalue weighted by atomic mass is 9.80. The van der Waals surface area contributed by atoms with Gasteiger partial charge in [0.15, 0.2) is 0 Å². The standard InChI is InChI=1S/C16H18N2O3/c19-15(20)16(6-9-21-10-7-16)11-18-14-13-4-2-1-3-12(13)5-8-17-14/h1-5,8H,6-7,9-11H2,(H,17,18)(H,19,20). The van der Waals surface area contributed by atoms with E-state index in [1.54, 1.807) is 6.20 Å². The van der Waals surface area contributed by atoms with Gasteiger partial charge in [0.25, 0.3) is 0 Å². The molecule has 0 saturated carbocycles. The normalized spacial score (nSPS) is 17.5. The molecule has 1 saturated heterocycles. The van der Waals surface area contributed by atoms with Crippen LogP contribution in [0.1, 0.15) is 12.8 Å². The van der Waals surface area contributed by atoms with Crippen LogP contribution in [0.15, 0.2) is 36.5 Å². The summed E-state index contributed by atoms with van der Waals surface area (Å²) in [5.41, 5.74) is -0.767. The van der Waals surface area contributed by atoms with Crippen LogP contribution in [0.5, 0.6) is 0 Å². The molecule has 5 nitrogen and oxygen atoms in total. The van der Waals surface area contributed by atoms with Gasteiger partial charge in [-0.25, -0.2) is 4.98 Å². The molecule has 110 valence electrons. The molecule has 2 aromatic rings. The van der Waals surface area contributed by atoms with Crippen molar-refractivity contribution in [2.24, 2.45) is 5.41 Å². The number of pyridine rings is 1. The first-order valence-corrected chi connectivity index (χ1v) is 7.10. The molecule has 1 aromatic carbocycles. The Morgan fingerprint density at radius 1 is 1.29 bits per heavy atom. The maximum absolute atomic E-state index is 11.6. The van der Waals surface area contributed by atoms with Gasteiger partial charge in [-0.2, -0.15) is 0 Å². The van der Waals surface area contributed by atoms with Crippen LogP contribution >= 0.6 is 0 Å². The number of anilines is 1. The minimum atomic E-state index is -0.767. The van der Waals surface area contributed by atoms with Gasteiger partial charge in [-0.1, -0.05) is 24.3 Å². The Bertz CT molecular complexity index is 646. The van der Waals surface area contributed by atoms with Crippen LogP contribution in [0, 0.1) is 5.41 Å². The summed E-state index contributed by atoms with van der Waals surface area (Å²) >= 11 is 0. The highest BCUT2D eigenvalue weighted by Crippen LogP contribution is 2.32. The molecular weight excluding hydrogens is 268 g/mol. The maximum atomic E-state index is 11.6. The number of fused-ring (bicyclic) bond motifs is 1. The quantitative estimate of drug-likeness (QED) is 0.903. The molecule has 2 N–H and O–H groups in total. The number of carboxylic acid groups (broad SMARTS) is 1. The number of rotatable bonds is 4. The molecule has 21 heavy (non-hydrogen) atoms. The highest BCUT2D eigenvalue weighted by Gasteiger charge is 2.40. The monoisotopic (exact) mass is 286 g/mol. The lowest BCUT2D eigenvalue weighted by molar-refractivity contribution is -0.153. The molecule has 1 fully saturated rings. The van der Waals surface area contributed by atoms with Crippen molar-refractivity contribution in [1.29, 1.82) is 0 Å². The number of nitrogens with zero attached hydrogens (tertiary/aromatic N) is 1. The lowest BCUT2D eigenvalue weighted by Crippen LogP contribution is -2.42. The van der Waals surface area contributed by atoms with Crippen molar-refractivity contribution in [3.63, 3.8) is 0 Å². The summed E-state index contributed by atoms with van der Waals surface area (Å²) in [5, 5.41) is 14.9. The summed E-state index contributed by atoms with van der Waals surface area (Å²) in [7, 11) is 0. The first-order chi connectivity index (χ1) is 10.2. The van der Waals surface area contributed by atoms with Crippen LogP contribution < -0.4 is 5.32 Å². The smallest absolute Gasteiger partial charge is 0.311 e. The van der Waals surface area contributed by atoms with E-state index in [0.717, 1.165) is 16.6 Å². The number of carboxylic acids is 1. The molecule has 0 amide bonds. The Kier molecular flexibility index (Phi) is 3.75. The van der Waals surface area contributed by atoms with E-state index in [1.807, 2.05) is 30.3 Å². The number of aromatic nitrogens is 1. The fourth-order valence-electron chi connectivity index (χ4n) is 2.74. The zero-order chi connectivity index (χ0) is 14.7. The zero-order valence-corrected chi connectivity index (χ0v) is 11.7. The second-order valence-corrected chi connectivity index (χ2v) is 5.43. The topological polar surface area (TPSA) is 71.5 Å². The van der Waals surface area contributed by atoms with E-state index in [0.29, 0.717) is 32.6 Å². The number of aliphatic carboxylic acids is 1. The summed E-state index contributed by atoms with van der Waals surface area (Å²) in [5.74, 6) is -0.0289. The summed E-state index contributed by atoms with van der Waals surface area (Å²) < 4.78 is 5.29. The van der Waals surface area contributed by atoms with Crippen molar-refractivity contribution < 1.29 is 14.6 Å². The van der Waals surface area contributed by atoms with E-state index < -0.39 is 11.4 Å². The average Bonchev–Trinajstić information content (AvgIpc) is 2.53. The van der Waals surface area contributed by atoms with Crippen molar-refractivity contribution in [3.05, 3.63) is 36.5 Å². The van der Waals surface area contributed by atoms with Gasteiger partial charge in [0.1, 0.15) is 5.82 Å². The predicted octanol–water partition coefficient (Wildman–Crippen LogP) is 2.53. The molecule has 5 heteroatoms. The van der Waals surface area contributed by atoms with Crippen molar-refractivity contribution in [2.45, 2.75) is 12.8 Å². The Morgan fingerprint density at radius 3 is 2.81 bits per heavy atom. The van der Waals surface area contributed by atoms with Gasteiger partial charge in [0, 0.05) is 31.3 Å². The summed E-state index contributed by atoms with van der Waals surface area (Å²) in [6.07, 6.45) is 2.79. The highest BCUT2D eigenvalue weighted by atomic mass is 16.5. The van der Waals surface area contributed by atoms with Crippen molar-refractivity contribution in [2.75, 3.05) is 25.1 Å². The molecule has 0 unspecified atom stereocenters. The third kappa shape index (κ3) is 2.69. The average molecular weight is 286 g/mol. The first-order valence-electron chi connectivity index (χ1n) is 7.10. The van der Waals surface area contributed by atoms with Gasteiger partial charge in [-0.3, -0.25) is 4.79 Å².